The van der Waals surface area contributed by atoms with Crippen LogP contribution >= 0.6 is 0 Å². The second-order valence-electron chi connectivity index (χ2n) is 3.73. The van der Waals surface area contributed by atoms with Crippen molar-refractivity contribution in [2.45, 2.75) is 13.5 Å². The van der Waals surface area contributed by atoms with Crippen LogP contribution in [0.2, 0.25) is 0 Å². The minimum Gasteiger partial charge on any atom is -0.392 e. The van der Waals surface area contributed by atoms with Crippen molar-refractivity contribution in [2.75, 3.05) is 7.05 Å². The van der Waals surface area contributed by atoms with Crippen molar-refractivity contribution < 1.29 is 4.84 Å². The second kappa shape index (κ2) is 4.92. The van der Waals surface area contributed by atoms with Crippen LogP contribution in [0.15, 0.2) is 23.4 Å². The molecule has 2 N–H and O–H groups in total. The molecule has 2 aromatic rings. The number of rotatable bonds is 3. The van der Waals surface area contributed by atoms with Gasteiger partial charge in [0.05, 0.1) is 5.39 Å². The van der Waals surface area contributed by atoms with Crippen molar-refractivity contribution in [3.05, 3.63) is 34.5 Å². The maximum absolute atomic E-state index is 12.2. The van der Waals surface area contributed by atoms with E-state index in [9.17, 15) is 4.79 Å². The number of pyridine rings is 1. The van der Waals surface area contributed by atoms with Gasteiger partial charge in [-0.1, -0.05) is 0 Å². The smallest absolute Gasteiger partial charge is 0.263 e. The molecule has 0 atom stereocenters. The van der Waals surface area contributed by atoms with Crippen LogP contribution in [0, 0.1) is 12.3 Å². The molecule has 0 fully saturated rings. The van der Waals surface area contributed by atoms with Gasteiger partial charge in [-0.15, -0.1) is 0 Å². The summed E-state index contributed by atoms with van der Waals surface area (Å²) in [5.74, 6) is -0.0673. The van der Waals surface area contributed by atoms with Crippen molar-refractivity contribution in [3.63, 3.8) is 0 Å². The van der Waals surface area contributed by atoms with Gasteiger partial charge in [-0.25, -0.2) is 9.97 Å². The molecule has 0 amide bonds. The fourth-order valence-electron chi connectivity index (χ4n) is 1.65. The number of aryl methyl sites for hydroxylation is 1. The summed E-state index contributed by atoms with van der Waals surface area (Å²) in [4.78, 5) is 25.1. The predicted octanol–water partition coefficient (Wildman–Crippen LogP) is 0.228. The molecular weight excluding hydrogens is 234 g/mol. The van der Waals surface area contributed by atoms with Crippen LogP contribution in [-0.2, 0) is 11.4 Å². The summed E-state index contributed by atoms with van der Waals surface area (Å²) in [6, 6.07) is 1.76. The normalized spacial score (nSPS) is 10.6. The summed E-state index contributed by atoms with van der Waals surface area (Å²) in [6.45, 7) is 1.85. The highest BCUT2D eigenvalue weighted by Gasteiger charge is 2.09. The van der Waals surface area contributed by atoms with E-state index in [1.165, 1.54) is 10.9 Å². The lowest BCUT2D eigenvalue weighted by molar-refractivity contribution is 0.197. The summed E-state index contributed by atoms with van der Waals surface area (Å²) in [5.41, 5.74) is 3.38. The lowest BCUT2D eigenvalue weighted by Gasteiger charge is -2.08. The first-order valence-corrected chi connectivity index (χ1v) is 5.35. The third-order valence-electron chi connectivity index (χ3n) is 2.47. The van der Waals surface area contributed by atoms with Gasteiger partial charge in [0.25, 0.3) is 5.56 Å². The third kappa shape index (κ3) is 2.21. The molecule has 0 saturated heterocycles. The molecule has 0 saturated carbocycles. The van der Waals surface area contributed by atoms with Crippen molar-refractivity contribution >= 4 is 16.9 Å². The first-order chi connectivity index (χ1) is 8.63. The largest absolute Gasteiger partial charge is 0.392 e. The number of nitrogens with zero attached hydrogens (tertiary/aromatic N) is 3. The standard InChI is InChI=1S/C11H13N5O2/c1-7-3-4-14-10-9(7)11(17)16(6-15-10)5-8(12)18-13-2/h3-4,6,12-13H,5H2,1-2H3. The lowest BCUT2D eigenvalue weighted by atomic mass is 10.2. The highest BCUT2D eigenvalue weighted by molar-refractivity contribution is 5.77. The Hall–Kier alpha value is -2.28. The van der Waals surface area contributed by atoms with E-state index in [0.717, 1.165) is 5.56 Å². The van der Waals surface area contributed by atoms with E-state index < -0.39 is 0 Å². The van der Waals surface area contributed by atoms with Crippen LogP contribution in [-0.4, -0.2) is 27.5 Å². The number of hydroxylamine groups is 1. The van der Waals surface area contributed by atoms with Gasteiger partial charge >= 0.3 is 0 Å². The fraction of sp³-hybridized carbons (Fsp3) is 0.273. The van der Waals surface area contributed by atoms with Gasteiger partial charge in [-0.3, -0.25) is 14.8 Å². The molecule has 0 unspecified atom stereocenters. The Kier molecular flexibility index (Phi) is 3.33. The number of hydrogen-bond acceptors (Lipinski definition) is 6. The van der Waals surface area contributed by atoms with Gasteiger partial charge in [0.2, 0.25) is 5.90 Å². The SMILES string of the molecule is CNOC(=N)Cn1cnc2nccc(C)c2c1=O. The van der Waals surface area contributed by atoms with Crippen LogP contribution in [0.25, 0.3) is 11.0 Å². The quantitative estimate of drug-likeness (QED) is 0.460. The molecule has 0 radical (unpaired) electrons. The number of nitrogens with one attached hydrogen (secondary N) is 2. The van der Waals surface area contributed by atoms with Crippen molar-refractivity contribution in [1.82, 2.24) is 20.0 Å². The molecular formula is C11H13N5O2. The fourth-order valence-corrected chi connectivity index (χ4v) is 1.65. The Bertz CT molecular complexity index is 649. The maximum atomic E-state index is 12.2. The summed E-state index contributed by atoms with van der Waals surface area (Å²) < 4.78 is 1.32. The minimum atomic E-state index is -0.227. The monoisotopic (exact) mass is 247 g/mol. The molecule has 2 heterocycles. The molecule has 0 spiro atoms. The Balaban J connectivity index is 2.48. The Labute approximate surface area is 103 Å². The van der Waals surface area contributed by atoms with Crippen LogP contribution in [0.3, 0.4) is 0 Å². The number of fused-ring (bicyclic) bond motifs is 1. The van der Waals surface area contributed by atoms with Gasteiger partial charge in [0, 0.05) is 13.2 Å². The van der Waals surface area contributed by atoms with Gasteiger partial charge in [-0.2, -0.15) is 5.48 Å². The molecule has 0 bridgehead atoms. The van der Waals surface area contributed by atoms with E-state index in [4.69, 9.17) is 10.2 Å². The van der Waals surface area contributed by atoms with Crippen molar-refractivity contribution in [1.29, 1.82) is 5.41 Å². The highest BCUT2D eigenvalue weighted by atomic mass is 16.6. The Morgan fingerprint density at radius 2 is 2.33 bits per heavy atom. The number of aromatic nitrogens is 3. The average molecular weight is 247 g/mol. The number of hydrogen-bond donors (Lipinski definition) is 2. The first kappa shape index (κ1) is 12.2. The zero-order chi connectivity index (χ0) is 13.1. The molecule has 7 nitrogen and oxygen atoms in total. The predicted molar refractivity (Wildman–Crippen MR) is 66.4 cm³/mol. The van der Waals surface area contributed by atoms with E-state index in [1.807, 2.05) is 6.92 Å². The first-order valence-electron chi connectivity index (χ1n) is 5.35. The molecule has 0 aliphatic carbocycles. The van der Waals surface area contributed by atoms with E-state index in [1.54, 1.807) is 19.3 Å². The summed E-state index contributed by atoms with van der Waals surface area (Å²) in [6.07, 6.45) is 2.98. The topological polar surface area (TPSA) is 92.9 Å². The summed E-state index contributed by atoms with van der Waals surface area (Å²) in [5, 5.41) is 7.97. The van der Waals surface area contributed by atoms with Crippen LogP contribution in [0.1, 0.15) is 5.56 Å². The van der Waals surface area contributed by atoms with E-state index >= 15 is 0 Å². The van der Waals surface area contributed by atoms with Gasteiger partial charge in [0.15, 0.2) is 5.65 Å². The molecule has 94 valence electrons. The van der Waals surface area contributed by atoms with Crippen LogP contribution in [0.4, 0.5) is 0 Å². The average Bonchev–Trinajstić information content (AvgIpc) is 2.33. The minimum absolute atomic E-state index is 0.0247. The maximum Gasteiger partial charge on any atom is 0.263 e. The molecule has 2 aromatic heterocycles. The van der Waals surface area contributed by atoms with Crippen LogP contribution in [0.5, 0.6) is 0 Å². The lowest BCUT2D eigenvalue weighted by Crippen LogP contribution is -2.28. The molecule has 7 heteroatoms. The molecule has 18 heavy (non-hydrogen) atoms. The summed E-state index contributed by atoms with van der Waals surface area (Å²) in [7, 11) is 1.55. The van der Waals surface area contributed by atoms with Crippen molar-refractivity contribution in [2.24, 2.45) is 0 Å². The summed E-state index contributed by atoms with van der Waals surface area (Å²) >= 11 is 0. The second-order valence-corrected chi connectivity index (χ2v) is 3.73. The van der Waals surface area contributed by atoms with Gasteiger partial charge < -0.3 is 4.84 Å². The molecule has 0 aliphatic heterocycles. The third-order valence-corrected chi connectivity index (χ3v) is 2.47. The van der Waals surface area contributed by atoms with Gasteiger partial charge in [-0.05, 0) is 18.6 Å². The molecule has 2 rings (SSSR count). The Morgan fingerprint density at radius 1 is 1.56 bits per heavy atom. The molecule has 0 aliphatic rings. The Morgan fingerprint density at radius 3 is 3.06 bits per heavy atom. The zero-order valence-electron chi connectivity index (χ0n) is 10.1. The highest BCUT2D eigenvalue weighted by Crippen LogP contribution is 2.07. The van der Waals surface area contributed by atoms with Gasteiger partial charge in [0.1, 0.15) is 12.9 Å². The zero-order valence-corrected chi connectivity index (χ0v) is 10.1. The van der Waals surface area contributed by atoms with E-state index in [0.29, 0.717) is 11.0 Å². The molecule has 0 aromatic carbocycles. The van der Waals surface area contributed by atoms with E-state index in [-0.39, 0.29) is 18.0 Å². The van der Waals surface area contributed by atoms with Crippen molar-refractivity contribution in [3.8, 4) is 0 Å². The van der Waals surface area contributed by atoms with E-state index in [2.05, 4.69) is 15.4 Å². The van der Waals surface area contributed by atoms with Crippen LogP contribution < -0.4 is 11.0 Å².